The number of fused-ring (bicyclic) bond motifs is 1. The summed E-state index contributed by atoms with van der Waals surface area (Å²) in [6, 6.07) is 0.308. The van der Waals surface area contributed by atoms with Gasteiger partial charge < -0.3 is 4.89 Å². The van der Waals surface area contributed by atoms with Gasteiger partial charge >= 0.3 is 10.1 Å². The SMILES string of the molecule is CN1[C@@H]2CCCC[C@H]2N(C)[P+]1([O-])CS(=O)(=O)O. The Morgan fingerprint density at radius 2 is 1.65 bits per heavy atom. The van der Waals surface area contributed by atoms with Crippen molar-refractivity contribution in [1.82, 2.24) is 9.34 Å². The Morgan fingerprint density at radius 3 is 2.00 bits per heavy atom. The Bertz CT molecular complexity index is 384. The monoisotopic (exact) mass is 282 g/mol. The van der Waals surface area contributed by atoms with Gasteiger partial charge in [0.1, 0.15) is 7.79 Å². The molecule has 17 heavy (non-hydrogen) atoms. The lowest BCUT2D eigenvalue weighted by Crippen LogP contribution is -2.37. The molecule has 2 fully saturated rings. The van der Waals surface area contributed by atoms with Gasteiger partial charge in [0.25, 0.3) is 0 Å². The Labute approximate surface area is 103 Å². The predicted molar refractivity (Wildman–Crippen MR) is 64.9 cm³/mol. The zero-order valence-electron chi connectivity index (χ0n) is 10.1. The molecule has 2 atom stereocenters. The molecule has 1 aliphatic carbocycles. The summed E-state index contributed by atoms with van der Waals surface area (Å²) in [5, 5.41) is 0. The van der Waals surface area contributed by atoms with Crippen LogP contribution < -0.4 is 4.89 Å². The van der Waals surface area contributed by atoms with Crippen molar-refractivity contribution in [3.05, 3.63) is 0 Å². The fraction of sp³-hybridized carbons (Fsp3) is 1.00. The van der Waals surface area contributed by atoms with Crippen LogP contribution in [0.25, 0.3) is 0 Å². The van der Waals surface area contributed by atoms with Gasteiger partial charge in [-0.05, 0) is 12.8 Å². The van der Waals surface area contributed by atoms with Crippen LogP contribution in [0.3, 0.4) is 0 Å². The number of hydrogen-bond acceptors (Lipinski definition) is 5. The highest BCUT2D eigenvalue weighted by Gasteiger charge is 2.56. The number of nitrogens with zero attached hydrogens (tertiary/aromatic N) is 2. The summed E-state index contributed by atoms with van der Waals surface area (Å²) in [7, 11) is -3.96. The van der Waals surface area contributed by atoms with Crippen molar-refractivity contribution >= 4 is 17.9 Å². The number of hydrogen-bond donors (Lipinski definition) is 1. The predicted octanol–water partition coefficient (Wildman–Crippen LogP) is 0.143. The molecule has 2 rings (SSSR count). The number of rotatable bonds is 2. The first-order chi connectivity index (χ1) is 7.76. The Hall–Kier alpha value is 0.220. The van der Waals surface area contributed by atoms with Crippen LogP contribution in [0.4, 0.5) is 0 Å². The minimum absolute atomic E-state index is 0.154. The molecule has 0 aromatic heterocycles. The van der Waals surface area contributed by atoms with E-state index in [2.05, 4.69) is 0 Å². The third-order valence-corrected chi connectivity index (χ3v) is 9.19. The molecule has 8 heteroatoms. The van der Waals surface area contributed by atoms with Gasteiger partial charge in [-0.15, -0.1) is 0 Å². The average molecular weight is 282 g/mol. The van der Waals surface area contributed by atoms with Crippen molar-refractivity contribution in [2.75, 3.05) is 19.6 Å². The summed E-state index contributed by atoms with van der Waals surface area (Å²) in [6.07, 6.45) is 4.07. The fourth-order valence-electron chi connectivity index (χ4n) is 3.04. The number of likely N-dealkylation sites (N-methyl/N-ethyl adjacent to an activating group) is 2. The molecule has 2 aliphatic rings. The van der Waals surface area contributed by atoms with Crippen LogP contribution in [0.1, 0.15) is 25.7 Å². The van der Waals surface area contributed by atoms with E-state index >= 15 is 0 Å². The van der Waals surface area contributed by atoms with Crippen LogP contribution >= 0.6 is 7.79 Å². The molecule has 0 bridgehead atoms. The van der Waals surface area contributed by atoms with Gasteiger partial charge in [-0.25, -0.2) is 0 Å². The zero-order valence-corrected chi connectivity index (χ0v) is 11.8. The molecule has 1 aliphatic heterocycles. The molecule has 6 nitrogen and oxygen atoms in total. The summed E-state index contributed by atoms with van der Waals surface area (Å²) in [6.45, 7) is 0. The van der Waals surface area contributed by atoms with E-state index in [0.717, 1.165) is 25.7 Å². The van der Waals surface area contributed by atoms with Crippen molar-refractivity contribution < 1.29 is 17.9 Å². The Kier molecular flexibility index (Phi) is 3.53. The molecule has 0 aromatic rings. The second-order valence-corrected chi connectivity index (χ2v) is 9.73. The van der Waals surface area contributed by atoms with Crippen LogP contribution in [0.2, 0.25) is 0 Å². The van der Waals surface area contributed by atoms with Crippen molar-refractivity contribution in [1.29, 1.82) is 0 Å². The smallest absolute Gasteiger partial charge is 0.303 e. The molecule has 100 valence electrons. The molecule has 1 heterocycles. The summed E-state index contributed by atoms with van der Waals surface area (Å²) in [4.78, 5) is 12.8. The molecule has 1 N–H and O–H groups in total. The highest BCUT2D eigenvalue weighted by Crippen LogP contribution is 2.65. The maximum atomic E-state index is 12.8. The molecular weight excluding hydrogens is 263 g/mol. The van der Waals surface area contributed by atoms with Gasteiger partial charge in [0.15, 0.2) is 0 Å². The summed E-state index contributed by atoms with van der Waals surface area (Å²) < 4.78 is 34.4. The van der Waals surface area contributed by atoms with Crippen LogP contribution in [-0.4, -0.2) is 54.0 Å². The van der Waals surface area contributed by atoms with Gasteiger partial charge in [-0.1, -0.05) is 12.8 Å². The summed E-state index contributed by atoms with van der Waals surface area (Å²) in [5.41, 5.74) is -0.667. The third kappa shape index (κ3) is 2.37. The minimum Gasteiger partial charge on any atom is -0.650 e. The Balaban J connectivity index is 2.28. The maximum absolute atomic E-state index is 12.8. The van der Waals surface area contributed by atoms with E-state index in [9.17, 15) is 13.3 Å². The third-order valence-electron chi connectivity index (χ3n) is 3.97. The lowest BCUT2D eigenvalue weighted by molar-refractivity contribution is -0.188. The first-order valence-corrected chi connectivity index (χ1v) is 9.17. The molecule has 0 radical (unpaired) electrons. The minimum atomic E-state index is -4.22. The van der Waals surface area contributed by atoms with E-state index in [0.29, 0.717) is 0 Å². The molecule has 1 saturated carbocycles. The highest BCUT2D eigenvalue weighted by atomic mass is 32.2. The molecular formula is C9H19N2O4PS. The van der Waals surface area contributed by atoms with E-state index in [1.807, 2.05) is 0 Å². The van der Waals surface area contributed by atoms with E-state index < -0.39 is 23.4 Å². The zero-order chi connectivity index (χ0) is 12.8. The van der Waals surface area contributed by atoms with Crippen molar-refractivity contribution in [2.24, 2.45) is 0 Å². The quantitative estimate of drug-likeness (QED) is 0.573. The molecule has 0 unspecified atom stereocenters. The topological polar surface area (TPSA) is 83.9 Å². The van der Waals surface area contributed by atoms with E-state index in [1.165, 1.54) is 0 Å². The van der Waals surface area contributed by atoms with Gasteiger partial charge in [0, 0.05) is 14.1 Å². The first-order valence-electron chi connectivity index (χ1n) is 5.76. The molecule has 0 amide bonds. The molecule has 0 aromatic carbocycles. The average Bonchev–Trinajstić information content (AvgIpc) is 2.40. The van der Waals surface area contributed by atoms with Gasteiger partial charge in [0.2, 0.25) is 5.49 Å². The van der Waals surface area contributed by atoms with Crippen LogP contribution in [0.5, 0.6) is 0 Å². The van der Waals surface area contributed by atoms with Gasteiger partial charge in [0.05, 0.1) is 12.1 Å². The van der Waals surface area contributed by atoms with E-state index in [-0.39, 0.29) is 12.1 Å². The second-order valence-electron chi connectivity index (χ2n) is 4.94. The van der Waals surface area contributed by atoms with E-state index in [1.54, 1.807) is 23.4 Å². The van der Waals surface area contributed by atoms with E-state index in [4.69, 9.17) is 4.55 Å². The molecule has 1 saturated heterocycles. The molecule has 0 spiro atoms. The van der Waals surface area contributed by atoms with Gasteiger partial charge in [-0.2, -0.15) is 17.8 Å². The van der Waals surface area contributed by atoms with Crippen molar-refractivity contribution in [3.8, 4) is 0 Å². The van der Waals surface area contributed by atoms with Crippen molar-refractivity contribution in [3.63, 3.8) is 0 Å². The maximum Gasteiger partial charge on any atom is 0.303 e. The standard InChI is InChI=1S/C9H19N2O4PS/c1-10-8-5-3-4-6-9(8)11(2)16(10,12)7-17(13,14)15/h8-9H,3-7H2,1-2H3,(H,13,14,15)/t8-,9-/m1/s1. The van der Waals surface area contributed by atoms with Crippen LogP contribution in [0.15, 0.2) is 0 Å². The largest absolute Gasteiger partial charge is 0.650 e. The fourth-order valence-corrected chi connectivity index (χ4v) is 8.11. The van der Waals surface area contributed by atoms with Crippen LogP contribution in [0, 0.1) is 0 Å². The lowest BCUT2D eigenvalue weighted by Gasteiger charge is -2.36. The summed E-state index contributed by atoms with van der Waals surface area (Å²) >= 11 is 0. The van der Waals surface area contributed by atoms with Crippen LogP contribution in [-0.2, 0) is 10.1 Å². The summed E-state index contributed by atoms with van der Waals surface area (Å²) in [5.74, 6) is 0. The Morgan fingerprint density at radius 1 is 1.24 bits per heavy atom. The van der Waals surface area contributed by atoms with Crippen molar-refractivity contribution in [2.45, 2.75) is 37.8 Å². The normalized spacial score (nSPS) is 34.8. The second kappa shape index (κ2) is 4.40. The van der Waals surface area contributed by atoms with Gasteiger partial charge in [-0.3, -0.25) is 4.55 Å². The first kappa shape index (κ1) is 13.6. The lowest BCUT2D eigenvalue weighted by atomic mass is 9.91. The highest BCUT2D eigenvalue weighted by molar-refractivity contribution is 7.95.